The number of hydrogen-bond donors (Lipinski definition) is 4. The van der Waals surface area contributed by atoms with Crippen molar-refractivity contribution in [3.63, 3.8) is 0 Å². The lowest BCUT2D eigenvalue weighted by Gasteiger charge is -2.08. The van der Waals surface area contributed by atoms with Crippen molar-refractivity contribution in [3.05, 3.63) is 30.0 Å². The zero-order valence-corrected chi connectivity index (χ0v) is 13.2. The van der Waals surface area contributed by atoms with Gasteiger partial charge in [-0.05, 0) is 38.2 Å². The van der Waals surface area contributed by atoms with Crippen molar-refractivity contribution in [2.24, 2.45) is 0 Å². The molecule has 0 spiro atoms. The first-order chi connectivity index (χ1) is 10.8. The number of hydrogen-bond acceptors (Lipinski definition) is 4. The maximum absolute atomic E-state index is 9.77. The van der Waals surface area contributed by atoms with Crippen molar-refractivity contribution in [2.75, 3.05) is 20.6 Å². The van der Waals surface area contributed by atoms with Gasteiger partial charge in [0.2, 0.25) is 0 Å². The normalized spacial score (nSPS) is 10.4. The molecule has 0 aliphatic heterocycles. The summed E-state index contributed by atoms with van der Waals surface area (Å²) in [6.07, 6.45) is 2.34. The van der Waals surface area contributed by atoms with Crippen molar-refractivity contribution >= 4 is 22.8 Å². The molecule has 0 radical (unpaired) electrons. The number of aromatic hydroxyl groups is 1. The van der Waals surface area contributed by atoms with Gasteiger partial charge in [-0.1, -0.05) is 6.07 Å². The number of aromatic amines is 1. The SMILES string of the molecule is CN(C)CCc1c[nH]c2cccc(O)c12.O=C(O)CCC(=O)O. The second-order valence-corrected chi connectivity index (χ2v) is 5.35. The third-order valence-corrected chi connectivity index (χ3v) is 3.15. The largest absolute Gasteiger partial charge is 0.507 e. The van der Waals surface area contributed by atoms with Crippen LogP contribution in [0.3, 0.4) is 0 Å². The summed E-state index contributed by atoms with van der Waals surface area (Å²) in [5.74, 6) is -1.79. The van der Waals surface area contributed by atoms with E-state index < -0.39 is 11.9 Å². The van der Waals surface area contributed by atoms with E-state index in [1.54, 1.807) is 6.07 Å². The predicted molar refractivity (Wildman–Crippen MR) is 86.7 cm³/mol. The number of benzene rings is 1. The number of aliphatic carboxylic acids is 2. The Hall–Kier alpha value is -2.54. The molecule has 0 aliphatic carbocycles. The van der Waals surface area contributed by atoms with Gasteiger partial charge in [0.05, 0.1) is 12.8 Å². The van der Waals surface area contributed by atoms with E-state index in [4.69, 9.17) is 10.2 Å². The van der Waals surface area contributed by atoms with E-state index >= 15 is 0 Å². The Labute approximate surface area is 134 Å². The van der Waals surface area contributed by atoms with E-state index in [1.807, 2.05) is 18.3 Å². The number of phenols is 1. The van der Waals surface area contributed by atoms with Gasteiger partial charge in [0.15, 0.2) is 0 Å². The highest BCUT2D eigenvalue weighted by atomic mass is 16.4. The number of phenolic OH excluding ortho intramolecular Hbond substituents is 1. The lowest BCUT2D eigenvalue weighted by molar-refractivity contribution is -0.143. The van der Waals surface area contributed by atoms with Gasteiger partial charge >= 0.3 is 11.9 Å². The van der Waals surface area contributed by atoms with Crippen molar-refractivity contribution in [1.29, 1.82) is 0 Å². The van der Waals surface area contributed by atoms with Gasteiger partial charge in [-0.3, -0.25) is 9.59 Å². The molecular formula is C16H22N2O5. The molecule has 23 heavy (non-hydrogen) atoms. The number of aromatic nitrogens is 1. The van der Waals surface area contributed by atoms with Crippen molar-refractivity contribution in [1.82, 2.24) is 9.88 Å². The average Bonchev–Trinajstić information content (AvgIpc) is 2.88. The van der Waals surface area contributed by atoms with Gasteiger partial charge in [-0.15, -0.1) is 0 Å². The Balaban J connectivity index is 0.000000284. The van der Waals surface area contributed by atoms with Crippen LogP contribution in [0.1, 0.15) is 18.4 Å². The Kier molecular flexibility index (Phi) is 7.08. The van der Waals surface area contributed by atoms with E-state index in [-0.39, 0.29) is 12.8 Å². The summed E-state index contributed by atoms with van der Waals surface area (Å²) in [6, 6.07) is 5.56. The molecule has 0 aliphatic rings. The zero-order chi connectivity index (χ0) is 17.4. The maximum Gasteiger partial charge on any atom is 0.303 e. The van der Waals surface area contributed by atoms with Crippen LogP contribution in [-0.4, -0.2) is 57.8 Å². The van der Waals surface area contributed by atoms with Crippen LogP contribution in [0.2, 0.25) is 0 Å². The molecule has 0 saturated heterocycles. The molecule has 0 unspecified atom stereocenters. The highest BCUT2D eigenvalue weighted by Crippen LogP contribution is 2.27. The fraction of sp³-hybridized carbons (Fsp3) is 0.375. The van der Waals surface area contributed by atoms with Gasteiger partial charge in [0.1, 0.15) is 5.75 Å². The number of likely N-dealkylation sites (N-methyl/N-ethyl adjacent to an activating group) is 1. The minimum Gasteiger partial charge on any atom is -0.507 e. The first-order valence-corrected chi connectivity index (χ1v) is 7.17. The number of H-pyrrole nitrogens is 1. The van der Waals surface area contributed by atoms with Crippen molar-refractivity contribution in [3.8, 4) is 5.75 Å². The predicted octanol–water partition coefficient (Wildman–Crippen LogP) is 1.91. The van der Waals surface area contributed by atoms with E-state index in [1.165, 1.54) is 5.56 Å². The fourth-order valence-corrected chi connectivity index (χ4v) is 1.99. The second-order valence-electron chi connectivity index (χ2n) is 5.35. The minimum absolute atomic E-state index is 0.296. The summed E-state index contributed by atoms with van der Waals surface area (Å²) in [4.78, 5) is 24.6. The highest BCUT2D eigenvalue weighted by Gasteiger charge is 2.07. The molecule has 0 saturated carbocycles. The lowest BCUT2D eigenvalue weighted by atomic mass is 10.1. The molecular weight excluding hydrogens is 300 g/mol. The molecule has 0 atom stereocenters. The van der Waals surface area contributed by atoms with E-state index in [9.17, 15) is 14.7 Å². The molecule has 7 heteroatoms. The summed E-state index contributed by atoms with van der Waals surface area (Å²) in [7, 11) is 4.10. The molecule has 0 amide bonds. The van der Waals surface area contributed by atoms with Crippen LogP contribution in [0.15, 0.2) is 24.4 Å². The number of nitrogens with one attached hydrogen (secondary N) is 1. The number of carbonyl (C=O) groups is 2. The summed E-state index contributed by atoms with van der Waals surface area (Å²) in [5, 5.41) is 26.5. The lowest BCUT2D eigenvalue weighted by Crippen LogP contribution is -2.14. The number of rotatable bonds is 6. The molecule has 1 heterocycles. The monoisotopic (exact) mass is 322 g/mol. The molecule has 2 aromatic rings. The zero-order valence-electron chi connectivity index (χ0n) is 13.2. The first kappa shape index (κ1) is 18.5. The fourth-order valence-electron chi connectivity index (χ4n) is 1.99. The van der Waals surface area contributed by atoms with E-state index in [0.717, 1.165) is 23.9 Å². The molecule has 4 N–H and O–H groups in total. The molecule has 2 rings (SSSR count). The molecule has 126 valence electrons. The smallest absolute Gasteiger partial charge is 0.303 e. The topological polar surface area (TPSA) is 114 Å². The number of carboxylic acids is 2. The first-order valence-electron chi connectivity index (χ1n) is 7.17. The van der Waals surface area contributed by atoms with Crippen LogP contribution in [0.25, 0.3) is 10.9 Å². The Morgan fingerprint density at radius 2 is 1.74 bits per heavy atom. The molecule has 1 aromatic carbocycles. The highest BCUT2D eigenvalue weighted by molar-refractivity contribution is 5.88. The Morgan fingerprint density at radius 1 is 1.13 bits per heavy atom. The van der Waals surface area contributed by atoms with Crippen LogP contribution in [-0.2, 0) is 16.0 Å². The average molecular weight is 322 g/mol. The summed E-state index contributed by atoms with van der Waals surface area (Å²) in [6.45, 7) is 0.987. The summed E-state index contributed by atoms with van der Waals surface area (Å²) >= 11 is 0. The van der Waals surface area contributed by atoms with Crippen LogP contribution >= 0.6 is 0 Å². The van der Waals surface area contributed by atoms with E-state index in [0.29, 0.717) is 5.75 Å². The number of nitrogens with zero attached hydrogens (tertiary/aromatic N) is 1. The number of carboxylic acid groups (broad SMARTS) is 2. The second kappa shape index (κ2) is 8.79. The van der Waals surface area contributed by atoms with Crippen LogP contribution in [0, 0.1) is 0 Å². The number of fused-ring (bicyclic) bond motifs is 1. The van der Waals surface area contributed by atoms with Gasteiger partial charge in [-0.25, -0.2) is 0 Å². The maximum atomic E-state index is 9.77. The van der Waals surface area contributed by atoms with Gasteiger partial charge in [-0.2, -0.15) is 0 Å². The molecule has 0 fully saturated rings. The van der Waals surface area contributed by atoms with Crippen LogP contribution < -0.4 is 0 Å². The minimum atomic E-state index is -1.08. The van der Waals surface area contributed by atoms with Gasteiger partial charge in [0, 0.05) is 23.6 Å². The molecule has 7 nitrogen and oxygen atoms in total. The quantitative estimate of drug-likeness (QED) is 0.646. The Bertz CT molecular complexity index is 650. The van der Waals surface area contributed by atoms with Crippen molar-refractivity contribution in [2.45, 2.75) is 19.3 Å². The Morgan fingerprint density at radius 3 is 2.26 bits per heavy atom. The van der Waals surface area contributed by atoms with Crippen LogP contribution in [0.5, 0.6) is 5.75 Å². The summed E-state index contributed by atoms with van der Waals surface area (Å²) < 4.78 is 0. The van der Waals surface area contributed by atoms with Crippen LogP contribution in [0.4, 0.5) is 0 Å². The summed E-state index contributed by atoms with van der Waals surface area (Å²) in [5.41, 5.74) is 2.18. The van der Waals surface area contributed by atoms with Crippen molar-refractivity contribution < 1.29 is 24.9 Å². The molecule has 1 aromatic heterocycles. The van der Waals surface area contributed by atoms with Gasteiger partial charge in [0.25, 0.3) is 0 Å². The third kappa shape index (κ3) is 6.39. The van der Waals surface area contributed by atoms with Gasteiger partial charge < -0.3 is 25.2 Å². The standard InChI is InChI=1S/C12H16N2O.C4H6O4/c1-14(2)7-6-9-8-13-10-4-3-5-11(15)12(9)10;5-3(6)1-2-4(7)8/h3-5,8,13,15H,6-7H2,1-2H3;1-2H2,(H,5,6)(H,7,8). The third-order valence-electron chi connectivity index (χ3n) is 3.15. The van der Waals surface area contributed by atoms with E-state index in [2.05, 4.69) is 24.0 Å². The molecule has 0 bridgehead atoms.